The van der Waals surface area contributed by atoms with E-state index in [1.54, 1.807) is 24.0 Å². The second kappa shape index (κ2) is 5.01. The van der Waals surface area contributed by atoms with E-state index < -0.39 is 6.04 Å². The number of carbonyl (C=O) groups excluding carboxylic acids is 1. The number of hydrogen-bond acceptors (Lipinski definition) is 3. The zero-order valence-corrected chi connectivity index (χ0v) is 10.4. The monoisotopic (exact) mass is 244 g/mol. The molecule has 1 aromatic carbocycles. The van der Waals surface area contributed by atoms with Gasteiger partial charge in [-0.05, 0) is 12.5 Å². The van der Waals surface area contributed by atoms with Crippen molar-refractivity contribution >= 4 is 11.7 Å². The molecule has 1 heterocycles. The zero-order chi connectivity index (χ0) is 13.1. The van der Waals surface area contributed by atoms with Gasteiger partial charge in [0, 0.05) is 19.3 Å². The number of nitrogens with zero attached hydrogens (tertiary/aromatic N) is 2. The highest BCUT2D eigenvalue weighted by atomic mass is 16.2. The van der Waals surface area contributed by atoms with Crippen LogP contribution in [0.4, 0.5) is 5.82 Å². The van der Waals surface area contributed by atoms with Gasteiger partial charge in [0.05, 0.1) is 0 Å². The molecule has 5 heteroatoms. The molecular weight excluding hydrogens is 228 g/mol. The summed E-state index contributed by atoms with van der Waals surface area (Å²) in [6.07, 6.45) is 1.76. The van der Waals surface area contributed by atoms with Gasteiger partial charge in [-0.2, -0.15) is 5.10 Å². The van der Waals surface area contributed by atoms with E-state index >= 15 is 0 Å². The predicted octanol–water partition coefficient (Wildman–Crippen LogP) is 1.37. The maximum Gasteiger partial charge on any atom is 0.247 e. The Kier molecular flexibility index (Phi) is 3.43. The standard InChI is InChI=1S/C13H16N4O/c1-9-3-5-10(6-4-9)12(14)13(18)15-11-7-8-17(2)16-11/h3-8,12H,14H2,1-2H3,(H,15,16,18). The number of rotatable bonds is 3. The van der Waals surface area contributed by atoms with Crippen molar-refractivity contribution in [3.63, 3.8) is 0 Å². The third-order valence-electron chi connectivity index (χ3n) is 2.68. The van der Waals surface area contributed by atoms with E-state index in [0.29, 0.717) is 5.82 Å². The molecule has 0 saturated carbocycles. The van der Waals surface area contributed by atoms with E-state index in [9.17, 15) is 4.79 Å². The Morgan fingerprint density at radius 1 is 1.33 bits per heavy atom. The Hall–Kier alpha value is -2.14. The molecule has 0 fully saturated rings. The molecule has 0 radical (unpaired) electrons. The number of anilines is 1. The lowest BCUT2D eigenvalue weighted by molar-refractivity contribution is -0.117. The lowest BCUT2D eigenvalue weighted by atomic mass is 10.1. The van der Waals surface area contributed by atoms with Crippen LogP contribution >= 0.6 is 0 Å². The first kappa shape index (κ1) is 12.3. The summed E-state index contributed by atoms with van der Waals surface area (Å²) in [7, 11) is 1.79. The minimum absolute atomic E-state index is 0.266. The number of nitrogens with two attached hydrogens (primary N) is 1. The highest BCUT2D eigenvalue weighted by molar-refractivity contribution is 5.94. The van der Waals surface area contributed by atoms with Crippen molar-refractivity contribution in [3.05, 3.63) is 47.7 Å². The second-order valence-electron chi connectivity index (χ2n) is 4.25. The lowest BCUT2D eigenvalue weighted by Gasteiger charge is -2.11. The SMILES string of the molecule is Cc1ccc(C(N)C(=O)Nc2ccn(C)n2)cc1. The molecule has 1 unspecified atom stereocenters. The molecule has 18 heavy (non-hydrogen) atoms. The number of carbonyl (C=O) groups is 1. The van der Waals surface area contributed by atoms with Crippen molar-refractivity contribution in [1.29, 1.82) is 0 Å². The molecule has 3 N–H and O–H groups in total. The van der Waals surface area contributed by atoms with Gasteiger partial charge in [0.1, 0.15) is 6.04 Å². The molecule has 0 bridgehead atoms. The molecule has 0 aliphatic heterocycles. The highest BCUT2D eigenvalue weighted by Gasteiger charge is 2.16. The third kappa shape index (κ3) is 2.75. The molecule has 0 aliphatic carbocycles. The van der Waals surface area contributed by atoms with Crippen LogP contribution < -0.4 is 11.1 Å². The van der Waals surface area contributed by atoms with E-state index in [1.165, 1.54) is 0 Å². The van der Waals surface area contributed by atoms with Crippen molar-refractivity contribution < 1.29 is 4.79 Å². The molecule has 2 rings (SSSR count). The summed E-state index contributed by atoms with van der Waals surface area (Å²) < 4.78 is 1.62. The van der Waals surface area contributed by atoms with E-state index in [2.05, 4.69) is 10.4 Å². The molecule has 1 amide bonds. The van der Waals surface area contributed by atoms with E-state index in [1.807, 2.05) is 31.2 Å². The number of nitrogens with one attached hydrogen (secondary N) is 1. The maximum absolute atomic E-state index is 11.9. The first-order chi connectivity index (χ1) is 8.56. The van der Waals surface area contributed by atoms with Crippen molar-refractivity contribution in [2.45, 2.75) is 13.0 Å². The van der Waals surface area contributed by atoms with Crippen LogP contribution in [0.5, 0.6) is 0 Å². The summed E-state index contributed by atoms with van der Waals surface area (Å²) in [6, 6.07) is 8.62. The van der Waals surface area contributed by atoms with Crippen molar-refractivity contribution in [1.82, 2.24) is 9.78 Å². The molecule has 1 aromatic heterocycles. The van der Waals surface area contributed by atoms with Gasteiger partial charge in [0.2, 0.25) is 5.91 Å². The van der Waals surface area contributed by atoms with Gasteiger partial charge in [-0.25, -0.2) is 0 Å². The molecule has 0 saturated heterocycles. The fraction of sp³-hybridized carbons (Fsp3) is 0.231. The van der Waals surface area contributed by atoms with Crippen LogP contribution in [0, 0.1) is 6.92 Å². The van der Waals surface area contributed by atoms with Crippen LogP contribution in [-0.2, 0) is 11.8 Å². The number of aromatic nitrogens is 2. The van der Waals surface area contributed by atoms with Crippen LogP contribution in [0.15, 0.2) is 36.5 Å². The van der Waals surface area contributed by atoms with Gasteiger partial charge in [-0.3, -0.25) is 9.48 Å². The minimum Gasteiger partial charge on any atom is -0.316 e. The molecule has 1 atom stereocenters. The smallest absolute Gasteiger partial charge is 0.247 e. The summed E-state index contributed by atoms with van der Waals surface area (Å²) >= 11 is 0. The minimum atomic E-state index is -0.687. The van der Waals surface area contributed by atoms with Gasteiger partial charge in [0.25, 0.3) is 0 Å². The fourth-order valence-electron chi connectivity index (χ4n) is 1.61. The average Bonchev–Trinajstić information content (AvgIpc) is 2.75. The topological polar surface area (TPSA) is 72.9 Å². The molecule has 0 spiro atoms. The Balaban J connectivity index is 2.07. The second-order valence-corrected chi connectivity index (χ2v) is 4.25. The Morgan fingerprint density at radius 2 is 2.00 bits per heavy atom. The van der Waals surface area contributed by atoms with Crippen LogP contribution in [0.1, 0.15) is 17.2 Å². The van der Waals surface area contributed by atoms with Gasteiger partial charge in [-0.1, -0.05) is 29.8 Å². The van der Waals surface area contributed by atoms with Gasteiger partial charge in [0.15, 0.2) is 5.82 Å². The summed E-state index contributed by atoms with van der Waals surface area (Å²) in [4.78, 5) is 11.9. The molecular formula is C13H16N4O. The van der Waals surface area contributed by atoms with Crippen LogP contribution in [-0.4, -0.2) is 15.7 Å². The lowest BCUT2D eigenvalue weighted by Crippen LogP contribution is -2.27. The predicted molar refractivity (Wildman–Crippen MR) is 69.9 cm³/mol. The first-order valence-corrected chi connectivity index (χ1v) is 5.69. The fourth-order valence-corrected chi connectivity index (χ4v) is 1.61. The summed E-state index contributed by atoms with van der Waals surface area (Å²) in [6.45, 7) is 1.99. The summed E-state index contributed by atoms with van der Waals surface area (Å²) in [5.74, 6) is 0.239. The van der Waals surface area contributed by atoms with E-state index in [4.69, 9.17) is 5.73 Å². The van der Waals surface area contributed by atoms with E-state index in [0.717, 1.165) is 11.1 Å². The van der Waals surface area contributed by atoms with Crippen LogP contribution in [0.25, 0.3) is 0 Å². The highest BCUT2D eigenvalue weighted by Crippen LogP contribution is 2.13. The Morgan fingerprint density at radius 3 is 2.56 bits per heavy atom. The molecule has 94 valence electrons. The first-order valence-electron chi connectivity index (χ1n) is 5.69. The average molecular weight is 244 g/mol. The largest absolute Gasteiger partial charge is 0.316 e. The van der Waals surface area contributed by atoms with Gasteiger partial charge < -0.3 is 11.1 Å². The number of aryl methyl sites for hydroxylation is 2. The van der Waals surface area contributed by atoms with Crippen LogP contribution in [0.2, 0.25) is 0 Å². The summed E-state index contributed by atoms with van der Waals surface area (Å²) in [5.41, 5.74) is 7.82. The molecule has 0 aliphatic rings. The van der Waals surface area contributed by atoms with Gasteiger partial charge >= 0.3 is 0 Å². The number of hydrogen-bond donors (Lipinski definition) is 2. The number of amides is 1. The van der Waals surface area contributed by atoms with Crippen molar-refractivity contribution in [2.75, 3.05) is 5.32 Å². The normalized spacial score (nSPS) is 12.2. The van der Waals surface area contributed by atoms with Crippen LogP contribution in [0.3, 0.4) is 0 Å². The summed E-state index contributed by atoms with van der Waals surface area (Å²) in [5, 5.41) is 6.75. The Labute approximate surface area is 106 Å². The van der Waals surface area contributed by atoms with Gasteiger partial charge in [-0.15, -0.1) is 0 Å². The number of benzene rings is 1. The Bertz CT molecular complexity index is 544. The van der Waals surface area contributed by atoms with Crippen molar-refractivity contribution in [3.8, 4) is 0 Å². The third-order valence-corrected chi connectivity index (χ3v) is 2.68. The maximum atomic E-state index is 11.9. The van der Waals surface area contributed by atoms with Crippen molar-refractivity contribution in [2.24, 2.45) is 12.8 Å². The zero-order valence-electron chi connectivity index (χ0n) is 10.4. The molecule has 2 aromatic rings. The quantitative estimate of drug-likeness (QED) is 0.856. The van der Waals surface area contributed by atoms with E-state index in [-0.39, 0.29) is 5.91 Å². The molecule has 5 nitrogen and oxygen atoms in total.